The molecule has 3 rings (SSSR count). The minimum Gasteiger partial charge on any atom is -0.457 e. The SMILES string of the molecule is C=CC1(O)[C@H](C2=COC(C)(C)O2)O[C@@H]2OC(C)(C)O[C@@H]21. The Morgan fingerprint density at radius 2 is 1.90 bits per heavy atom. The molecule has 20 heavy (non-hydrogen) atoms. The first-order valence-corrected chi connectivity index (χ1v) is 6.61. The first-order chi connectivity index (χ1) is 9.17. The summed E-state index contributed by atoms with van der Waals surface area (Å²) >= 11 is 0. The van der Waals surface area contributed by atoms with Crippen LogP contribution >= 0.6 is 0 Å². The third-order valence-corrected chi connectivity index (χ3v) is 3.61. The van der Waals surface area contributed by atoms with Crippen LogP contribution in [0.5, 0.6) is 0 Å². The Balaban J connectivity index is 1.87. The van der Waals surface area contributed by atoms with Crippen LogP contribution in [-0.4, -0.2) is 40.8 Å². The number of rotatable bonds is 2. The van der Waals surface area contributed by atoms with Gasteiger partial charge in [0.25, 0.3) is 0 Å². The van der Waals surface area contributed by atoms with Gasteiger partial charge >= 0.3 is 0 Å². The molecule has 0 aromatic heterocycles. The summed E-state index contributed by atoms with van der Waals surface area (Å²) in [6, 6.07) is 0. The molecule has 1 unspecified atom stereocenters. The third kappa shape index (κ3) is 1.95. The molecule has 112 valence electrons. The van der Waals surface area contributed by atoms with E-state index in [1.165, 1.54) is 12.3 Å². The number of hydrogen-bond donors (Lipinski definition) is 1. The van der Waals surface area contributed by atoms with Crippen LogP contribution in [0, 0.1) is 0 Å². The van der Waals surface area contributed by atoms with E-state index >= 15 is 0 Å². The fourth-order valence-corrected chi connectivity index (χ4v) is 2.70. The molecule has 0 aliphatic carbocycles. The molecule has 0 amide bonds. The summed E-state index contributed by atoms with van der Waals surface area (Å²) in [4.78, 5) is 0. The molecule has 0 spiro atoms. The van der Waals surface area contributed by atoms with Crippen molar-refractivity contribution in [1.29, 1.82) is 0 Å². The highest BCUT2D eigenvalue weighted by atomic mass is 16.8. The Kier molecular flexibility index (Phi) is 2.76. The summed E-state index contributed by atoms with van der Waals surface area (Å²) in [5.41, 5.74) is -1.44. The largest absolute Gasteiger partial charge is 0.457 e. The summed E-state index contributed by atoms with van der Waals surface area (Å²) < 4.78 is 28.1. The van der Waals surface area contributed by atoms with Gasteiger partial charge in [0.2, 0.25) is 5.79 Å². The Labute approximate surface area is 117 Å². The first-order valence-electron chi connectivity index (χ1n) is 6.61. The second-order valence-corrected chi connectivity index (χ2v) is 6.17. The van der Waals surface area contributed by atoms with Crippen LogP contribution in [0.1, 0.15) is 27.7 Å². The van der Waals surface area contributed by atoms with Gasteiger partial charge in [-0.15, -0.1) is 6.58 Å². The molecule has 0 bridgehead atoms. The van der Waals surface area contributed by atoms with Crippen molar-refractivity contribution in [2.45, 2.75) is 63.4 Å². The lowest BCUT2D eigenvalue weighted by molar-refractivity contribution is -0.225. The van der Waals surface area contributed by atoms with Crippen molar-refractivity contribution in [3.8, 4) is 0 Å². The summed E-state index contributed by atoms with van der Waals surface area (Å²) in [6.07, 6.45) is 0.751. The maximum atomic E-state index is 10.9. The second-order valence-electron chi connectivity index (χ2n) is 6.17. The molecular weight excluding hydrogens is 264 g/mol. The maximum Gasteiger partial charge on any atom is 0.244 e. The van der Waals surface area contributed by atoms with E-state index in [-0.39, 0.29) is 0 Å². The lowest BCUT2D eigenvalue weighted by Gasteiger charge is -2.31. The normalized spacial score (nSPS) is 44.5. The molecule has 6 heteroatoms. The van der Waals surface area contributed by atoms with Crippen LogP contribution in [0.3, 0.4) is 0 Å². The van der Waals surface area contributed by atoms with Crippen molar-refractivity contribution in [2.24, 2.45) is 0 Å². The molecule has 1 N–H and O–H groups in total. The van der Waals surface area contributed by atoms with Gasteiger partial charge in [-0.2, -0.15) is 0 Å². The van der Waals surface area contributed by atoms with Crippen molar-refractivity contribution in [1.82, 2.24) is 0 Å². The lowest BCUT2D eigenvalue weighted by atomic mass is 9.91. The van der Waals surface area contributed by atoms with Gasteiger partial charge < -0.3 is 28.8 Å². The predicted octanol–water partition coefficient (Wildman–Crippen LogP) is 1.40. The Bertz CT molecular complexity index is 468. The molecule has 3 heterocycles. The Morgan fingerprint density at radius 3 is 2.45 bits per heavy atom. The van der Waals surface area contributed by atoms with Gasteiger partial charge in [0.15, 0.2) is 23.9 Å². The van der Waals surface area contributed by atoms with Crippen LogP contribution in [0.4, 0.5) is 0 Å². The van der Waals surface area contributed by atoms with E-state index < -0.39 is 35.7 Å². The van der Waals surface area contributed by atoms with Crippen molar-refractivity contribution in [3.63, 3.8) is 0 Å². The van der Waals surface area contributed by atoms with Gasteiger partial charge in [0.05, 0.1) is 0 Å². The standard InChI is InChI=1S/C14H20O6/c1-6-14(15)9(8-7-16-12(2,3)18-8)17-11-10(14)19-13(4,5)20-11/h6-7,9-11,15H,1H2,2-5H3/t9-,10-,11+,14?/m0/s1. The maximum absolute atomic E-state index is 10.9. The molecule has 0 aromatic carbocycles. The number of hydrogen-bond acceptors (Lipinski definition) is 6. The molecule has 0 saturated carbocycles. The topological polar surface area (TPSA) is 66.4 Å². The minimum atomic E-state index is -1.44. The highest BCUT2D eigenvalue weighted by molar-refractivity contribution is 5.23. The zero-order chi connectivity index (χ0) is 14.8. The zero-order valence-electron chi connectivity index (χ0n) is 12.1. The van der Waals surface area contributed by atoms with Crippen molar-refractivity contribution in [2.75, 3.05) is 0 Å². The molecule has 6 nitrogen and oxygen atoms in total. The average molecular weight is 284 g/mol. The lowest BCUT2D eigenvalue weighted by Crippen LogP contribution is -2.48. The summed E-state index contributed by atoms with van der Waals surface area (Å²) in [7, 11) is 0. The summed E-state index contributed by atoms with van der Waals surface area (Å²) in [6.45, 7) is 10.8. The van der Waals surface area contributed by atoms with Gasteiger partial charge in [0, 0.05) is 13.8 Å². The molecule has 2 saturated heterocycles. The zero-order valence-corrected chi connectivity index (χ0v) is 12.1. The summed E-state index contributed by atoms with van der Waals surface area (Å²) in [5.74, 6) is -1.19. The molecule has 3 aliphatic heterocycles. The Morgan fingerprint density at radius 1 is 1.20 bits per heavy atom. The van der Waals surface area contributed by atoms with Gasteiger partial charge in [-0.1, -0.05) is 6.08 Å². The number of aliphatic hydroxyl groups is 1. The smallest absolute Gasteiger partial charge is 0.244 e. The van der Waals surface area contributed by atoms with Gasteiger partial charge in [-0.3, -0.25) is 0 Å². The van der Waals surface area contributed by atoms with E-state index in [1.54, 1.807) is 27.7 Å². The van der Waals surface area contributed by atoms with Gasteiger partial charge in [-0.25, -0.2) is 0 Å². The van der Waals surface area contributed by atoms with Gasteiger partial charge in [0.1, 0.15) is 18.0 Å². The molecular formula is C14H20O6. The van der Waals surface area contributed by atoms with Crippen molar-refractivity contribution in [3.05, 3.63) is 24.7 Å². The van der Waals surface area contributed by atoms with E-state index in [0.717, 1.165) is 0 Å². The second kappa shape index (κ2) is 3.98. The highest BCUT2D eigenvalue weighted by Crippen LogP contribution is 2.47. The van der Waals surface area contributed by atoms with E-state index in [0.29, 0.717) is 5.76 Å². The highest BCUT2D eigenvalue weighted by Gasteiger charge is 2.64. The molecule has 2 fully saturated rings. The molecule has 4 atom stereocenters. The monoisotopic (exact) mass is 284 g/mol. The number of fused-ring (bicyclic) bond motifs is 1. The minimum absolute atomic E-state index is 0.400. The van der Waals surface area contributed by atoms with Gasteiger partial charge in [-0.05, 0) is 13.8 Å². The van der Waals surface area contributed by atoms with Crippen LogP contribution in [0.25, 0.3) is 0 Å². The van der Waals surface area contributed by atoms with E-state index in [1.807, 2.05) is 0 Å². The molecule has 0 aromatic rings. The van der Waals surface area contributed by atoms with Crippen LogP contribution in [-0.2, 0) is 23.7 Å². The van der Waals surface area contributed by atoms with Crippen molar-refractivity contribution >= 4 is 0 Å². The van der Waals surface area contributed by atoms with Crippen LogP contribution < -0.4 is 0 Å². The van der Waals surface area contributed by atoms with E-state index in [9.17, 15) is 5.11 Å². The van der Waals surface area contributed by atoms with E-state index in [2.05, 4.69) is 6.58 Å². The Hall–Kier alpha value is -1.08. The fourth-order valence-electron chi connectivity index (χ4n) is 2.70. The predicted molar refractivity (Wildman–Crippen MR) is 68.2 cm³/mol. The average Bonchev–Trinajstić information content (AvgIpc) is 2.91. The first kappa shape index (κ1) is 13.9. The van der Waals surface area contributed by atoms with E-state index in [4.69, 9.17) is 23.7 Å². The fraction of sp³-hybridized carbons (Fsp3) is 0.714. The van der Waals surface area contributed by atoms with Crippen molar-refractivity contribution < 1.29 is 28.8 Å². The third-order valence-electron chi connectivity index (χ3n) is 3.61. The number of ether oxygens (including phenoxy) is 5. The molecule has 0 radical (unpaired) electrons. The van der Waals surface area contributed by atoms with Crippen LogP contribution in [0.2, 0.25) is 0 Å². The molecule has 3 aliphatic rings. The van der Waals surface area contributed by atoms with Crippen LogP contribution in [0.15, 0.2) is 24.7 Å². The summed E-state index contributed by atoms with van der Waals surface area (Å²) in [5, 5.41) is 10.9. The quantitative estimate of drug-likeness (QED) is 0.773.